The number of benzene rings is 7. The number of hydrogen-bond acceptors (Lipinski definition) is 3. The van der Waals surface area contributed by atoms with E-state index in [1.807, 2.05) is 0 Å². The zero-order chi connectivity index (χ0) is 26.5. The minimum absolute atomic E-state index is 0.663. The third kappa shape index (κ3) is 3.88. The van der Waals surface area contributed by atoms with E-state index in [1.54, 1.807) is 0 Å². The molecule has 186 valence electrons. The standard InChI is InChI=1S/C37H23N3/c1-3-10-28-21-30(18-13-24(28)7-1)35-38-36(31-19-14-25-8-2-4-11-29(25)22-31)40-37(39-35)32-20-17-27-16-15-26-9-5-6-12-33(26)34(27)23-32/h1-23H. The Kier molecular flexibility index (Phi) is 5.14. The molecular formula is C37H23N3. The average Bonchev–Trinajstić information content (AvgIpc) is 3.03. The Morgan fingerprint density at radius 1 is 0.275 bits per heavy atom. The van der Waals surface area contributed by atoms with Crippen LogP contribution in [0.25, 0.3) is 77.3 Å². The molecule has 0 aliphatic carbocycles. The summed E-state index contributed by atoms with van der Waals surface area (Å²) in [4.78, 5) is 15.1. The van der Waals surface area contributed by atoms with Crippen molar-refractivity contribution >= 4 is 43.1 Å². The first-order valence-corrected chi connectivity index (χ1v) is 13.4. The molecule has 8 rings (SSSR count). The molecule has 0 atom stereocenters. The van der Waals surface area contributed by atoms with Crippen molar-refractivity contribution in [2.75, 3.05) is 0 Å². The first-order valence-electron chi connectivity index (χ1n) is 13.4. The predicted molar refractivity (Wildman–Crippen MR) is 166 cm³/mol. The van der Waals surface area contributed by atoms with E-state index in [4.69, 9.17) is 15.0 Å². The van der Waals surface area contributed by atoms with E-state index in [0.717, 1.165) is 27.5 Å². The molecule has 1 aromatic heterocycles. The molecule has 40 heavy (non-hydrogen) atoms. The van der Waals surface area contributed by atoms with Crippen molar-refractivity contribution in [3.05, 3.63) is 140 Å². The molecule has 0 unspecified atom stereocenters. The molecule has 0 aliphatic heterocycles. The number of fused-ring (bicyclic) bond motifs is 5. The molecule has 0 aliphatic rings. The van der Waals surface area contributed by atoms with Crippen molar-refractivity contribution in [3.63, 3.8) is 0 Å². The Morgan fingerprint density at radius 2 is 0.650 bits per heavy atom. The molecule has 0 bridgehead atoms. The average molecular weight is 510 g/mol. The maximum absolute atomic E-state index is 5.03. The van der Waals surface area contributed by atoms with E-state index in [9.17, 15) is 0 Å². The number of hydrogen-bond donors (Lipinski definition) is 0. The molecule has 1 heterocycles. The normalized spacial score (nSPS) is 11.5. The summed E-state index contributed by atoms with van der Waals surface area (Å²) in [5.74, 6) is 1.99. The van der Waals surface area contributed by atoms with Gasteiger partial charge in [-0.05, 0) is 61.3 Å². The summed E-state index contributed by atoms with van der Waals surface area (Å²) in [6.07, 6.45) is 0. The van der Waals surface area contributed by atoms with Crippen molar-refractivity contribution in [3.8, 4) is 34.2 Å². The highest BCUT2D eigenvalue weighted by molar-refractivity contribution is 6.08. The van der Waals surface area contributed by atoms with Gasteiger partial charge < -0.3 is 0 Å². The van der Waals surface area contributed by atoms with Crippen molar-refractivity contribution in [2.24, 2.45) is 0 Å². The summed E-state index contributed by atoms with van der Waals surface area (Å²) in [5, 5.41) is 9.53. The van der Waals surface area contributed by atoms with Crippen LogP contribution in [0.1, 0.15) is 0 Å². The lowest BCUT2D eigenvalue weighted by molar-refractivity contribution is 1.08. The molecule has 0 N–H and O–H groups in total. The Hall–Kier alpha value is -5.41. The molecule has 0 saturated heterocycles. The summed E-state index contributed by atoms with van der Waals surface area (Å²) in [6.45, 7) is 0. The summed E-state index contributed by atoms with van der Waals surface area (Å²) < 4.78 is 0. The molecule has 0 spiro atoms. The van der Waals surface area contributed by atoms with Gasteiger partial charge in [-0.3, -0.25) is 0 Å². The van der Waals surface area contributed by atoms with Gasteiger partial charge in [0.05, 0.1) is 0 Å². The van der Waals surface area contributed by atoms with Crippen LogP contribution in [0, 0.1) is 0 Å². The van der Waals surface area contributed by atoms with Crippen LogP contribution in [0.5, 0.6) is 0 Å². The summed E-state index contributed by atoms with van der Waals surface area (Å²) in [7, 11) is 0. The highest BCUT2D eigenvalue weighted by atomic mass is 15.0. The Morgan fingerprint density at radius 3 is 1.20 bits per heavy atom. The van der Waals surface area contributed by atoms with Gasteiger partial charge in [-0.15, -0.1) is 0 Å². The molecule has 3 nitrogen and oxygen atoms in total. The van der Waals surface area contributed by atoms with Crippen molar-refractivity contribution in [1.82, 2.24) is 15.0 Å². The summed E-state index contributed by atoms with van der Waals surface area (Å²) in [6, 6.07) is 48.8. The van der Waals surface area contributed by atoms with Gasteiger partial charge in [0.2, 0.25) is 0 Å². The first kappa shape index (κ1) is 22.6. The second kappa shape index (κ2) is 9.11. The number of rotatable bonds is 3. The van der Waals surface area contributed by atoms with Crippen LogP contribution in [0.3, 0.4) is 0 Å². The molecule has 8 aromatic rings. The highest BCUT2D eigenvalue weighted by Gasteiger charge is 2.14. The first-order chi connectivity index (χ1) is 19.8. The van der Waals surface area contributed by atoms with Crippen LogP contribution in [-0.4, -0.2) is 15.0 Å². The third-order valence-electron chi connectivity index (χ3n) is 7.66. The topological polar surface area (TPSA) is 38.7 Å². The highest BCUT2D eigenvalue weighted by Crippen LogP contribution is 2.32. The summed E-state index contributed by atoms with van der Waals surface area (Å²) >= 11 is 0. The lowest BCUT2D eigenvalue weighted by Crippen LogP contribution is -2.00. The Balaban J connectivity index is 1.36. The smallest absolute Gasteiger partial charge is 0.164 e. The van der Waals surface area contributed by atoms with Crippen molar-refractivity contribution in [1.29, 1.82) is 0 Å². The van der Waals surface area contributed by atoms with Crippen molar-refractivity contribution in [2.45, 2.75) is 0 Å². The monoisotopic (exact) mass is 509 g/mol. The Bertz CT molecular complexity index is 2140. The largest absolute Gasteiger partial charge is 0.208 e. The fourth-order valence-corrected chi connectivity index (χ4v) is 5.56. The SMILES string of the molecule is c1ccc2cc(-c3nc(-c4ccc5ccccc5c4)nc(-c4ccc5ccc6ccccc6c5c4)n3)ccc2c1. The van der Waals surface area contributed by atoms with Crippen LogP contribution >= 0.6 is 0 Å². The number of nitrogens with zero attached hydrogens (tertiary/aromatic N) is 3. The van der Waals surface area contributed by atoms with Gasteiger partial charge in [0, 0.05) is 16.7 Å². The lowest BCUT2D eigenvalue weighted by Gasteiger charge is -2.11. The fourth-order valence-electron chi connectivity index (χ4n) is 5.56. The minimum Gasteiger partial charge on any atom is -0.208 e. The molecule has 0 saturated carbocycles. The molecule has 3 heteroatoms. The zero-order valence-electron chi connectivity index (χ0n) is 21.6. The van der Waals surface area contributed by atoms with Crippen LogP contribution in [-0.2, 0) is 0 Å². The van der Waals surface area contributed by atoms with Gasteiger partial charge in [0.25, 0.3) is 0 Å². The van der Waals surface area contributed by atoms with E-state index in [2.05, 4.69) is 140 Å². The minimum atomic E-state index is 0.663. The van der Waals surface area contributed by atoms with E-state index < -0.39 is 0 Å². The maximum Gasteiger partial charge on any atom is 0.164 e. The predicted octanol–water partition coefficient (Wildman–Crippen LogP) is 9.49. The molecule has 7 aromatic carbocycles. The zero-order valence-corrected chi connectivity index (χ0v) is 21.6. The molecule has 0 fully saturated rings. The van der Waals surface area contributed by atoms with Gasteiger partial charge in [0.1, 0.15) is 0 Å². The third-order valence-corrected chi connectivity index (χ3v) is 7.66. The van der Waals surface area contributed by atoms with E-state index in [1.165, 1.54) is 32.3 Å². The van der Waals surface area contributed by atoms with E-state index in [-0.39, 0.29) is 0 Å². The second-order valence-corrected chi connectivity index (χ2v) is 10.2. The van der Waals surface area contributed by atoms with Gasteiger partial charge in [-0.1, -0.05) is 121 Å². The Labute approximate surface area is 231 Å². The summed E-state index contributed by atoms with van der Waals surface area (Å²) in [5.41, 5.74) is 2.90. The van der Waals surface area contributed by atoms with Gasteiger partial charge in [-0.2, -0.15) is 0 Å². The van der Waals surface area contributed by atoms with Crippen molar-refractivity contribution < 1.29 is 0 Å². The lowest BCUT2D eigenvalue weighted by atomic mass is 9.99. The van der Waals surface area contributed by atoms with Crippen LogP contribution < -0.4 is 0 Å². The van der Waals surface area contributed by atoms with Crippen LogP contribution in [0.2, 0.25) is 0 Å². The quantitative estimate of drug-likeness (QED) is 0.223. The molecule has 0 radical (unpaired) electrons. The second-order valence-electron chi connectivity index (χ2n) is 10.2. The van der Waals surface area contributed by atoms with Gasteiger partial charge >= 0.3 is 0 Å². The van der Waals surface area contributed by atoms with E-state index >= 15 is 0 Å². The fraction of sp³-hybridized carbons (Fsp3) is 0. The van der Waals surface area contributed by atoms with Gasteiger partial charge in [0.15, 0.2) is 17.5 Å². The van der Waals surface area contributed by atoms with Crippen LogP contribution in [0.4, 0.5) is 0 Å². The maximum atomic E-state index is 5.03. The van der Waals surface area contributed by atoms with E-state index in [0.29, 0.717) is 17.5 Å². The number of aromatic nitrogens is 3. The van der Waals surface area contributed by atoms with Crippen LogP contribution in [0.15, 0.2) is 140 Å². The molecular weight excluding hydrogens is 486 g/mol. The molecule has 0 amide bonds. The van der Waals surface area contributed by atoms with Gasteiger partial charge in [-0.25, -0.2) is 15.0 Å².